The first-order valence-corrected chi connectivity index (χ1v) is 13.0. The molecule has 1 unspecified atom stereocenters. The maximum absolute atomic E-state index is 13.7. The Morgan fingerprint density at radius 1 is 1.05 bits per heavy atom. The third-order valence-electron chi connectivity index (χ3n) is 5.65. The SMILES string of the molecule is COc1ccc(-c2cc3cc(F)c(F)cc3[nH]2)cc1NS(=O)(=O)C(CCOC(N)=O)OCc1ccccc1. The zero-order valence-electron chi connectivity index (χ0n) is 20.2. The number of H-pyrrole nitrogens is 1. The number of nitrogens with two attached hydrogens (primary N) is 1. The monoisotopic (exact) mass is 545 g/mol. The van der Waals surface area contributed by atoms with Gasteiger partial charge in [0.05, 0.1) is 26.0 Å². The van der Waals surface area contributed by atoms with Gasteiger partial charge in [0.2, 0.25) is 0 Å². The summed E-state index contributed by atoms with van der Waals surface area (Å²) in [5.41, 5.74) is 5.84. The number of ether oxygens (including phenoxy) is 3. The second-order valence-corrected chi connectivity index (χ2v) is 10.1. The molecule has 0 saturated carbocycles. The van der Waals surface area contributed by atoms with E-state index < -0.39 is 33.2 Å². The third-order valence-corrected chi connectivity index (χ3v) is 7.22. The molecule has 1 atom stereocenters. The molecule has 12 heteroatoms. The Labute approximate surface area is 217 Å². The molecule has 0 aliphatic rings. The molecule has 3 aromatic carbocycles. The highest BCUT2D eigenvalue weighted by Gasteiger charge is 2.28. The maximum Gasteiger partial charge on any atom is 0.404 e. The lowest BCUT2D eigenvalue weighted by molar-refractivity contribution is 0.0687. The van der Waals surface area contributed by atoms with Gasteiger partial charge in [0.1, 0.15) is 5.75 Å². The van der Waals surface area contributed by atoms with Gasteiger partial charge in [-0.05, 0) is 35.9 Å². The lowest BCUT2D eigenvalue weighted by Crippen LogP contribution is -2.32. The van der Waals surface area contributed by atoms with Crippen LogP contribution in [0.2, 0.25) is 0 Å². The number of amides is 1. The minimum absolute atomic E-state index is 0.0116. The molecule has 38 heavy (non-hydrogen) atoms. The van der Waals surface area contributed by atoms with Gasteiger partial charge in [0, 0.05) is 34.6 Å². The molecule has 0 aliphatic heterocycles. The van der Waals surface area contributed by atoms with Crippen molar-refractivity contribution >= 4 is 32.7 Å². The van der Waals surface area contributed by atoms with E-state index in [2.05, 4.69) is 9.71 Å². The highest BCUT2D eigenvalue weighted by Crippen LogP contribution is 2.33. The van der Waals surface area contributed by atoms with Crippen LogP contribution in [0.4, 0.5) is 19.3 Å². The number of aromatic nitrogens is 1. The Balaban J connectivity index is 1.61. The number of primary amides is 1. The van der Waals surface area contributed by atoms with Crippen LogP contribution in [-0.4, -0.2) is 38.6 Å². The van der Waals surface area contributed by atoms with Crippen LogP contribution >= 0.6 is 0 Å². The van der Waals surface area contributed by atoms with Crippen molar-refractivity contribution in [3.63, 3.8) is 0 Å². The number of methoxy groups -OCH3 is 1. The fraction of sp³-hybridized carbons (Fsp3) is 0.192. The normalized spacial score (nSPS) is 12.3. The summed E-state index contributed by atoms with van der Waals surface area (Å²) in [4.78, 5) is 14.0. The van der Waals surface area contributed by atoms with Crippen LogP contribution < -0.4 is 15.2 Å². The van der Waals surface area contributed by atoms with Crippen molar-refractivity contribution in [1.29, 1.82) is 0 Å². The minimum atomic E-state index is -4.20. The molecule has 4 rings (SSSR count). The van der Waals surface area contributed by atoms with Crippen LogP contribution in [0.15, 0.2) is 66.7 Å². The zero-order chi connectivity index (χ0) is 27.3. The second kappa shape index (κ2) is 11.5. The Bertz CT molecular complexity index is 1500. The molecule has 0 aliphatic carbocycles. The van der Waals surface area contributed by atoms with Crippen molar-refractivity contribution in [2.24, 2.45) is 5.73 Å². The van der Waals surface area contributed by atoms with E-state index in [-0.39, 0.29) is 31.1 Å². The maximum atomic E-state index is 13.7. The number of nitrogens with one attached hydrogen (secondary N) is 2. The number of aromatic amines is 1. The average molecular weight is 546 g/mol. The summed E-state index contributed by atoms with van der Waals surface area (Å²) in [6.45, 7) is -0.294. The lowest BCUT2D eigenvalue weighted by Gasteiger charge is -2.21. The van der Waals surface area contributed by atoms with E-state index in [0.717, 1.165) is 17.7 Å². The fourth-order valence-electron chi connectivity index (χ4n) is 3.80. The molecule has 0 fully saturated rings. The van der Waals surface area contributed by atoms with E-state index in [9.17, 15) is 22.0 Å². The number of fused-ring (bicyclic) bond motifs is 1. The van der Waals surface area contributed by atoms with Crippen molar-refractivity contribution in [2.75, 3.05) is 18.4 Å². The molecular formula is C26H25F2N3O6S. The summed E-state index contributed by atoms with van der Waals surface area (Å²) < 4.78 is 72.3. The summed E-state index contributed by atoms with van der Waals surface area (Å²) in [5, 5.41) is 0.445. The van der Waals surface area contributed by atoms with Gasteiger partial charge in [-0.15, -0.1) is 0 Å². The number of hydrogen-bond donors (Lipinski definition) is 3. The van der Waals surface area contributed by atoms with Crippen molar-refractivity contribution in [2.45, 2.75) is 18.5 Å². The highest BCUT2D eigenvalue weighted by molar-refractivity contribution is 7.93. The highest BCUT2D eigenvalue weighted by atomic mass is 32.2. The van der Waals surface area contributed by atoms with E-state index in [4.69, 9.17) is 19.9 Å². The van der Waals surface area contributed by atoms with Crippen molar-refractivity contribution in [3.05, 3.63) is 83.9 Å². The Kier molecular flexibility index (Phi) is 8.13. The van der Waals surface area contributed by atoms with Crippen LogP contribution in [0.3, 0.4) is 0 Å². The number of carbonyl (C=O) groups excluding carboxylic acids is 1. The first-order chi connectivity index (χ1) is 18.2. The molecule has 200 valence electrons. The van der Waals surface area contributed by atoms with Gasteiger partial charge < -0.3 is 24.9 Å². The Morgan fingerprint density at radius 3 is 2.50 bits per heavy atom. The van der Waals surface area contributed by atoms with E-state index in [1.807, 2.05) is 6.07 Å². The van der Waals surface area contributed by atoms with Gasteiger partial charge in [0.15, 0.2) is 17.1 Å². The molecule has 4 N–H and O–H groups in total. The number of sulfonamides is 1. The molecule has 0 bridgehead atoms. The van der Waals surface area contributed by atoms with E-state index in [1.54, 1.807) is 42.5 Å². The lowest BCUT2D eigenvalue weighted by atomic mass is 10.1. The summed E-state index contributed by atoms with van der Waals surface area (Å²) >= 11 is 0. The third kappa shape index (κ3) is 6.39. The number of halogens is 2. The fourth-order valence-corrected chi connectivity index (χ4v) is 5.05. The van der Waals surface area contributed by atoms with Crippen LogP contribution in [0.5, 0.6) is 5.75 Å². The molecule has 0 radical (unpaired) electrons. The van der Waals surface area contributed by atoms with Crippen LogP contribution in [0.25, 0.3) is 22.2 Å². The average Bonchev–Trinajstić information content (AvgIpc) is 3.29. The van der Waals surface area contributed by atoms with Crippen molar-refractivity contribution < 1.29 is 36.2 Å². The second-order valence-electron chi connectivity index (χ2n) is 8.28. The smallest absolute Gasteiger partial charge is 0.404 e. The van der Waals surface area contributed by atoms with Crippen LogP contribution in [-0.2, 0) is 26.1 Å². The predicted octanol–water partition coefficient (Wildman–Crippen LogP) is 4.89. The Morgan fingerprint density at radius 2 is 1.79 bits per heavy atom. The van der Waals surface area contributed by atoms with Crippen molar-refractivity contribution in [3.8, 4) is 17.0 Å². The van der Waals surface area contributed by atoms with E-state index in [1.165, 1.54) is 13.2 Å². The van der Waals surface area contributed by atoms with Gasteiger partial charge in [-0.25, -0.2) is 22.0 Å². The van der Waals surface area contributed by atoms with Crippen LogP contribution in [0, 0.1) is 11.6 Å². The molecule has 1 amide bonds. The van der Waals surface area contributed by atoms with Gasteiger partial charge in [-0.3, -0.25) is 4.72 Å². The van der Waals surface area contributed by atoms with Gasteiger partial charge in [-0.1, -0.05) is 30.3 Å². The molecular weight excluding hydrogens is 520 g/mol. The Hall–Kier alpha value is -4.16. The topological polar surface area (TPSA) is 133 Å². The summed E-state index contributed by atoms with van der Waals surface area (Å²) in [7, 11) is -2.82. The quantitative estimate of drug-likeness (QED) is 0.246. The number of benzene rings is 3. The van der Waals surface area contributed by atoms with Gasteiger partial charge in [0.25, 0.3) is 10.0 Å². The molecule has 1 heterocycles. The minimum Gasteiger partial charge on any atom is -0.495 e. The number of hydrogen-bond acceptors (Lipinski definition) is 6. The summed E-state index contributed by atoms with van der Waals surface area (Å²) in [6, 6.07) is 17.4. The standard InChI is InChI=1S/C26H25F2N3O6S/c1-35-24-8-7-17(21-13-18-11-19(27)20(28)14-22(18)30-21)12-23(24)31-38(33,34)25(9-10-36-26(29)32)37-15-16-5-3-2-4-6-16/h2-8,11-14,25,30-31H,9-10,15H2,1H3,(H2,29,32). The molecule has 0 saturated heterocycles. The van der Waals surface area contributed by atoms with Crippen molar-refractivity contribution in [1.82, 2.24) is 4.98 Å². The summed E-state index contributed by atoms with van der Waals surface area (Å²) in [6.07, 6.45) is -1.23. The molecule has 1 aromatic heterocycles. The van der Waals surface area contributed by atoms with E-state index >= 15 is 0 Å². The number of anilines is 1. The van der Waals surface area contributed by atoms with Gasteiger partial charge in [-0.2, -0.15) is 0 Å². The number of rotatable bonds is 11. The first-order valence-electron chi connectivity index (χ1n) is 11.4. The predicted molar refractivity (Wildman–Crippen MR) is 138 cm³/mol. The van der Waals surface area contributed by atoms with Gasteiger partial charge >= 0.3 is 6.09 Å². The molecule has 0 spiro atoms. The summed E-state index contributed by atoms with van der Waals surface area (Å²) in [5.74, 6) is -1.75. The zero-order valence-corrected chi connectivity index (χ0v) is 21.1. The molecule has 9 nitrogen and oxygen atoms in total. The number of carbonyl (C=O) groups is 1. The molecule has 4 aromatic rings. The largest absolute Gasteiger partial charge is 0.495 e. The first kappa shape index (κ1) is 26.9. The van der Waals surface area contributed by atoms with Crippen LogP contribution in [0.1, 0.15) is 12.0 Å². The van der Waals surface area contributed by atoms with E-state index in [0.29, 0.717) is 22.2 Å².